The average molecular weight is 223 g/mol. The van der Waals surface area contributed by atoms with Gasteiger partial charge < -0.3 is 0 Å². The molecule has 4 nitrogen and oxygen atoms in total. The molecule has 0 aliphatic carbocycles. The fourth-order valence-corrected chi connectivity index (χ4v) is 1.30. The summed E-state index contributed by atoms with van der Waals surface area (Å²) in [5.41, 5.74) is -1.19. The van der Waals surface area contributed by atoms with Gasteiger partial charge in [0.05, 0.1) is 10.5 Å². The number of nitro groups is 1. The van der Waals surface area contributed by atoms with Crippen LogP contribution in [0, 0.1) is 17.0 Å². The van der Waals surface area contributed by atoms with Crippen LogP contribution in [0.5, 0.6) is 0 Å². The maximum Gasteiger partial charge on any atom is 0.306 e. The first-order valence-corrected chi connectivity index (χ1v) is 3.90. The molecule has 14 heavy (non-hydrogen) atoms. The van der Waals surface area contributed by atoms with Gasteiger partial charge in [0.1, 0.15) is 11.2 Å². The third-order valence-electron chi connectivity index (χ3n) is 1.65. The Bertz CT molecular complexity index is 384. The molecule has 1 aromatic heterocycles. The van der Waals surface area contributed by atoms with Gasteiger partial charge in [-0.2, -0.15) is 0 Å². The van der Waals surface area contributed by atoms with Crippen LogP contribution in [0.25, 0.3) is 0 Å². The minimum atomic E-state index is -2.87. The molecule has 76 valence electrons. The monoisotopic (exact) mass is 222 g/mol. The highest BCUT2D eigenvalue weighted by Crippen LogP contribution is 2.34. The Kier molecular flexibility index (Phi) is 2.95. The highest BCUT2D eigenvalue weighted by Gasteiger charge is 2.24. The summed E-state index contributed by atoms with van der Waals surface area (Å²) < 4.78 is 24.8. The molecule has 1 aromatic rings. The van der Waals surface area contributed by atoms with Crippen molar-refractivity contribution in [1.29, 1.82) is 0 Å². The van der Waals surface area contributed by atoms with Crippen molar-refractivity contribution in [2.24, 2.45) is 0 Å². The largest absolute Gasteiger partial charge is 0.306 e. The molecule has 0 bridgehead atoms. The Balaban J connectivity index is 3.41. The van der Waals surface area contributed by atoms with Gasteiger partial charge in [-0.1, -0.05) is 11.6 Å². The van der Waals surface area contributed by atoms with Crippen LogP contribution in [0.1, 0.15) is 17.7 Å². The van der Waals surface area contributed by atoms with Crippen molar-refractivity contribution in [3.63, 3.8) is 0 Å². The van der Waals surface area contributed by atoms with Gasteiger partial charge in [0, 0.05) is 5.69 Å². The molecule has 0 fully saturated rings. The lowest BCUT2D eigenvalue weighted by Crippen LogP contribution is -1.99. The van der Waals surface area contributed by atoms with Gasteiger partial charge in [0.15, 0.2) is 0 Å². The summed E-state index contributed by atoms with van der Waals surface area (Å²) in [6, 6.07) is 0. The number of pyridine rings is 1. The van der Waals surface area contributed by atoms with E-state index in [-0.39, 0.29) is 5.69 Å². The minimum absolute atomic E-state index is 0.00407. The number of alkyl halides is 2. The molecule has 7 heteroatoms. The first-order valence-electron chi connectivity index (χ1n) is 3.52. The number of aryl methyl sites for hydroxylation is 1. The Morgan fingerprint density at radius 2 is 2.21 bits per heavy atom. The number of halogens is 3. The van der Waals surface area contributed by atoms with E-state index in [1.54, 1.807) is 0 Å². The zero-order valence-corrected chi connectivity index (χ0v) is 7.76. The summed E-state index contributed by atoms with van der Waals surface area (Å²) in [6.45, 7) is 1.32. The second-order valence-corrected chi connectivity index (χ2v) is 2.89. The van der Waals surface area contributed by atoms with Crippen molar-refractivity contribution in [3.8, 4) is 0 Å². The molecule has 0 radical (unpaired) electrons. The highest BCUT2D eigenvalue weighted by atomic mass is 35.5. The normalized spacial score (nSPS) is 10.6. The Hall–Kier alpha value is -1.30. The third-order valence-corrected chi connectivity index (χ3v) is 2.04. The van der Waals surface area contributed by atoms with E-state index in [4.69, 9.17) is 11.6 Å². The predicted molar refractivity (Wildman–Crippen MR) is 45.6 cm³/mol. The lowest BCUT2D eigenvalue weighted by molar-refractivity contribution is -0.385. The van der Waals surface area contributed by atoms with Gasteiger partial charge in [-0.25, -0.2) is 8.78 Å². The van der Waals surface area contributed by atoms with Crippen LogP contribution in [0.15, 0.2) is 6.20 Å². The molecule has 0 atom stereocenters. The van der Waals surface area contributed by atoms with Crippen LogP contribution >= 0.6 is 11.6 Å². The van der Waals surface area contributed by atoms with E-state index in [0.29, 0.717) is 0 Å². The molecule has 1 rings (SSSR count). The number of nitrogens with zero attached hydrogens (tertiary/aromatic N) is 2. The maximum atomic E-state index is 12.4. The van der Waals surface area contributed by atoms with E-state index in [9.17, 15) is 18.9 Å². The van der Waals surface area contributed by atoms with Crippen molar-refractivity contribution in [2.45, 2.75) is 13.3 Å². The maximum absolute atomic E-state index is 12.4. The molecule has 0 aliphatic heterocycles. The standard InChI is InChI=1S/C7H5ClF2N2O2/c1-3-5(7(9)10)6(8)4(2-11-3)12(13)14/h2,7H,1H3. The number of rotatable bonds is 2. The Morgan fingerprint density at radius 1 is 1.64 bits per heavy atom. The van der Waals surface area contributed by atoms with Gasteiger partial charge in [-0.15, -0.1) is 0 Å². The van der Waals surface area contributed by atoms with Crippen molar-refractivity contribution in [3.05, 3.63) is 32.6 Å². The molecule has 0 aliphatic rings. The van der Waals surface area contributed by atoms with Gasteiger partial charge in [0.2, 0.25) is 0 Å². The third kappa shape index (κ3) is 1.79. The summed E-state index contributed by atoms with van der Waals surface area (Å²) in [5.74, 6) is 0. The SMILES string of the molecule is Cc1ncc([N+](=O)[O-])c(Cl)c1C(F)F. The second kappa shape index (κ2) is 3.83. The molecule has 1 heterocycles. The topological polar surface area (TPSA) is 56.0 Å². The molecule has 0 saturated carbocycles. The summed E-state index contributed by atoms with van der Waals surface area (Å²) in [7, 11) is 0. The predicted octanol–water partition coefficient (Wildman–Crippen LogP) is 2.89. The summed E-state index contributed by atoms with van der Waals surface area (Å²) in [6.07, 6.45) is -2.00. The molecule has 0 aromatic carbocycles. The van der Waals surface area contributed by atoms with Gasteiger partial charge in [-0.3, -0.25) is 15.1 Å². The van der Waals surface area contributed by atoms with Crippen LogP contribution in [-0.4, -0.2) is 9.91 Å². The van der Waals surface area contributed by atoms with Crippen LogP contribution < -0.4 is 0 Å². The Morgan fingerprint density at radius 3 is 2.64 bits per heavy atom. The average Bonchev–Trinajstić information content (AvgIpc) is 2.02. The summed E-state index contributed by atoms with van der Waals surface area (Å²) >= 11 is 5.44. The van der Waals surface area contributed by atoms with Crippen molar-refractivity contribution >= 4 is 17.3 Å². The molecule has 0 saturated heterocycles. The second-order valence-electron chi connectivity index (χ2n) is 2.51. The Labute approximate surface area is 82.7 Å². The number of hydrogen-bond donors (Lipinski definition) is 0. The van der Waals surface area contributed by atoms with Crippen LogP contribution in [-0.2, 0) is 0 Å². The van der Waals surface area contributed by atoms with Crippen LogP contribution in [0.3, 0.4) is 0 Å². The van der Waals surface area contributed by atoms with Crippen molar-refractivity contribution < 1.29 is 13.7 Å². The number of hydrogen-bond acceptors (Lipinski definition) is 3. The van der Waals surface area contributed by atoms with E-state index in [1.807, 2.05) is 0 Å². The fourth-order valence-electron chi connectivity index (χ4n) is 0.962. The molecule has 0 amide bonds. The summed E-state index contributed by atoms with van der Waals surface area (Å²) in [4.78, 5) is 13.0. The number of aromatic nitrogens is 1. The molecule has 0 N–H and O–H groups in total. The lowest BCUT2D eigenvalue weighted by atomic mass is 10.2. The van der Waals surface area contributed by atoms with Crippen molar-refractivity contribution in [2.75, 3.05) is 0 Å². The first kappa shape index (κ1) is 10.8. The molecular formula is C7H5ClF2N2O2. The smallest absolute Gasteiger partial charge is 0.258 e. The minimum Gasteiger partial charge on any atom is -0.258 e. The van der Waals surface area contributed by atoms with Gasteiger partial charge in [-0.05, 0) is 6.92 Å². The van der Waals surface area contributed by atoms with Crippen molar-refractivity contribution in [1.82, 2.24) is 4.98 Å². The lowest BCUT2D eigenvalue weighted by Gasteiger charge is -2.05. The highest BCUT2D eigenvalue weighted by molar-refractivity contribution is 6.33. The zero-order chi connectivity index (χ0) is 10.9. The van der Waals surface area contributed by atoms with E-state index < -0.39 is 27.6 Å². The van der Waals surface area contributed by atoms with E-state index >= 15 is 0 Å². The van der Waals surface area contributed by atoms with Crippen LogP contribution in [0.4, 0.5) is 14.5 Å². The molecule has 0 spiro atoms. The van der Waals surface area contributed by atoms with E-state index in [2.05, 4.69) is 4.98 Å². The molecule has 0 unspecified atom stereocenters. The molecular weight excluding hydrogens is 218 g/mol. The first-order chi connectivity index (χ1) is 6.45. The van der Waals surface area contributed by atoms with E-state index in [1.165, 1.54) is 6.92 Å². The van der Waals surface area contributed by atoms with Crippen LogP contribution in [0.2, 0.25) is 5.02 Å². The quantitative estimate of drug-likeness (QED) is 0.571. The fraction of sp³-hybridized carbons (Fsp3) is 0.286. The van der Waals surface area contributed by atoms with E-state index in [0.717, 1.165) is 6.20 Å². The van der Waals surface area contributed by atoms with Gasteiger partial charge in [0.25, 0.3) is 6.43 Å². The summed E-state index contributed by atoms with van der Waals surface area (Å²) in [5, 5.41) is 9.80. The zero-order valence-electron chi connectivity index (χ0n) is 7.00. The van der Waals surface area contributed by atoms with Gasteiger partial charge >= 0.3 is 5.69 Å².